The molecule has 2 aromatic carbocycles. The summed E-state index contributed by atoms with van der Waals surface area (Å²) in [6.07, 6.45) is 4.89. The van der Waals surface area contributed by atoms with E-state index in [0.29, 0.717) is 13.2 Å². The van der Waals surface area contributed by atoms with Gasteiger partial charge >= 0.3 is 6.03 Å². The van der Waals surface area contributed by atoms with Gasteiger partial charge in [-0.05, 0) is 61.1 Å². The fourth-order valence-electron chi connectivity index (χ4n) is 4.04. The molecule has 2 amide bonds. The lowest BCUT2D eigenvalue weighted by Crippen LogP contribution is -2.52. The number of carbonyl (C=O) groups is 1. The highest BCUT2D eigenvalue weighted by molar-refractivity contribution is 5.74. The highest BCUT2D eigenvalue weighted by Gasteiger charge is 2.20. The first-order valence-corrected chi connectivity index (χ1v) is 10.4. The predicted molar refractivity (Wildman–Crippen MR) is 112 cm³/mol. The quantitative estimate of drug-likeness (QED) is 0.809. The molecule has 4 rings (SSSR count). The fourth-order valence-corrected chi connectivity index (χ4v) is 4.04. The number of carbonyl (C=O) groups excluding carboxylic acids is 1. The van der Waals surface area contributed by atoms with Gasteiger partial charge in [-0.3, -0.25) is 0 Å². The first-order chi connectivity index (χ1) is 13.8. The lowest BCUT2D eigenvalue weighted by atomic mass is 9.92. The Kier molecular flexibility index (Phi) is 6.00. The number of para-hydroxylation sites is 1. The van der Waals surface area contributed by atoms with Gasteiger partial charge < -0.3 is 19.9 Å². The first kappa shape index (κ1) is 18.7. The van der Waals surface area contributed by atoms with Gasteiger partial charge in [-0.25, -0.2) is 4.79 Å². The van der Waals surface area contributed by atoms with Gasteiger partial charge in [0.1, 0.15) is 12.4 Å². The molecule has 148 valence electrons. The maximum atomic E-state index is 12.4. The number of rotatable bonds is 5. The molecule has 2 aromatic rings. The Bertz CT molecular complexity index is 786. The number of nitrogens with zero attached hydrogens (tertiary/aromatic N) is 2. The number of nitrogens with one attached hydrogen (secondary N) is 1. The average molecular weight is 380 g/mol. The van der Waals surface area contributed by atoms with E-state index < -0.39 is 0 Å². The van der Waals surface area contributed by atoms with Gasteiger partial charge in [0, 0.05) is 31.9 Å². The number of hydrogen-bond donors (Lipinski definition) is 1. The van der Waals surface area contributed by atoms with Gasteiger partial charge in [0.2, 0.25) is 0 Å². The van der Waals surface area contributed by atoms with Gasteiger partial charge in [0.05, 0.1) is 6.54 Å². The molecule has 2 aliphatic rings. The summed E-state index contributed by atoms with van der Waals surface area (Å²) in [6, 6.07) is 16.8. The van der Waals surface area contributed by atoms with Crippen LogP contribution in [0.5, 0.6) is 5.75 Å². The summed E-state index contributed by atoms with van der Waals surface area (Å²) < 4.78 is 5.84. The molecule has 5 nitrogen and oxygen atoms in total. The number of fused-ring (bicyclic) bond motifs is 1. The summed E-state index contributed by atoms with van der Waals surface area (Å²) >= 11 is 0. The molecule has 1 saturated heterocycles. The van der Waals surface area contributed by atoms with E-state index in [1.165, 1.54) is 36.1 Å². The Morgan fingerprint density at radius 1 is 0.929 bits per heavy atom. The van der Waals surface area contributed by atoms with Crippen molar-refractivity contribution in [1.29, 1.82) is 0 Å². The number of amides is 2. The highest BCUT2D eigenvalue weighted by Crippen LogP contribution is 2.25. The van der Waals surface area contributed by atoms with E-state index in [1.807, 2.05) is 11.0 Å². The summed E-state index contributed by atoms with van der Waals surface area (Å²) in [5.74, 6) is 0.909. The Morgan fingerprint density at radius 3 is 2.46 bits per heavy atom. The van der Waals surface area contributed by atoms with Crippen molar-refractivity contribution in [2.45, 2.75) is 25.7 Å². The Morgan fingerprint density at radius 2 is 1.68 bits per heavy atom. The Hall–Kier alpha value is -2.69. The summed E-state index contributed by atoms with van der Waals surface area (Å²) in [5, 5.41) is 2.98. The number of urea groups is 1. The van der Waals surface area contributed by atoms with Crippen molar-refractivity contribution in [3.63, 3.8) is 0 Å². The van der Waals surface area contributed by atoms with Crippen molar-refractivity contribution in [1.82, 2.24) is 10.2 Å². The molecule has 1 N–H and O–H groups in total. The minimum absolute atomic E-state index is 0.00162. The van der Waals surface area contributed by atoms with E-state index >= 15 is 0 Å². The molecule has 1 aliphatic carbocycles. The molecule has 0 atom stereocenters. The molecule has 1 fully saturated rings. The molecule has 1 heterocycles. The third-order valence-corrected chi connectivity index (χ3v) is 5.66. The van der Waals surface area contributed by atoms with Crippen LogP contribution < -0.4 is 15.0 Å². The zero-order valence-electron chi connectivity index (χ0n) is 16.4. The zero-order chi connectivity index (χ0) is 19.2. The van der Waals surface area contributed by atoms with Crippen molar-refractivity contribution in [3.05, 3.63) is 59.7 Å². The SMILES string of the molecule is O=C(NCCOc1ccc2c(c1)CCCC2)N1CCN(c2ccccc2)CC1. The number of hydrogen-bond acceptors (Lipinski definition) is 3. The van der Waals surface area contributed by atoms with Crippen LogP contribution in [0.25, 0.3) is 0 Å². The standard InChI is InChI=1S/C23H29N3O2/c27-23(26-15-13-25(14-16-26)21-8-2-1-3-9-21)24-12-17-28-22-11-10-19-6-4-5-7-20(19)18-22/h1-3,8-11,18H,4-7,12-17H2,(H,24,27). The van der Waals surface area contributed by atoms with Crippen LogP contribution in [0.4, 0.5) is 10.5 Å². The number of benzene rings is 2. The van der Waals surface area contributed by atoms with E-state index in [1.54, 1.807) is 0 Å². The minimum Gasteiger partial charge on any atom is -0.492 e. The highest BCUT2D eigenvalue weighted by atomic mass is 16.5. The Labute approximate surface area is 167 Å². The third kappa shape index (κ3) is 4.58. The smallest absolute Gasteiger partial charge is 0.317 e. The van der Waals surface area contributed by atoms with Crippen molar-refractivity contribution in [3.8, 4) is 5.75 Å². The van der Waals surface area contributed by atoms with E-state index in [0.717, 1.165) is 38.3 Å². The topological polar surface area (TPSA) is 44.8 Å². The van der Waals surface area contributed by atoms with Crippen molar-refractivity contribution in [2.75, 3.05) is 44.2 Å². The number of anilines is 1. The van der Waals surface area contributed by atoms with Gasteiger partial charge in [-0.15, -0.1) is 0 Å². The van der Waals surface area contributed by atoms with Gasteiger partial charge in [0.15, 0.2) is 0 Å². The fraction of sp³-hybridized carbons (Fsp3) is 0.435. The van der Waals surface area contributed by atoms with Crippen molar-refractivity contribution < 1.29 is 9.53 Å². The summed E-state index contributed by atoms with van der Waals surface area (Å²) in [7, 11) is 0. The molecule has 0 unspecified atom stereocenters. The first-order valence-electron chi connectivity index (χ1n) is 10.4. The van der Waals surface area contributed by atoms with E-state index in [4.69, 9.17) is 4.74 Å². The third-order valence-electron chi connectivity index (χ3n) is 5.66. The largest absolute Gasteiger partial charge is 0.492 e. The maximum absolute atomic E-state index is 12.4. The predicted octanol–water partition coefficient (Wildman–Crippen LogP) is 3.48. The molecular formula is C23H29N3O2. The molecule has 1 aliphatic heterocycles. The maximum Gasteiger partial charge on any atom is 0.317 e. The lowest BCUT2D eigenvalue weighted by molar-refractivity contribution is 0.191. The molecule has 28 heavy (non-hydrogen) atoms. The molecular weight excluding hydrogens is 350 g/mol. The Balaban J connectivity index is 1.17. The molecule has 0 aromatic heterocycles. The summed E-state index contributed by atoms with van der Waals surface area (Å²) in [4.78, 5) is 16.6. The zero-order valence-corrected chi connectivity index (χ0v) is 16.4. The number of aryl methyl sites for hydroxylation is 2. The van der Waals surface area contributed by atoms with E-state index in [-0.39, 0.29) is 6.03 Å². The van der Waals surface area contributed by atoms with Crippen LogP contribution in [-0.4, -0.2) is 50.3 Å². The van der Waals surface area contributed by atoms with E-state index in [2.05, 4.69) is 52.7 Å². The van der Waals surface area contributed by atoms with Gasteiger partial charge in [-0.2, -0.15) is 0 Å². The molecule has 0 saturated carbocycles. The van der Waals surface area contributed by atoms with Gasteiger partial charge in [-0.1, -0.05) is 24.3 Å². The van der Waals surface area contributed by atoms with Crippen LogP contribution in [0.1, 0.15) is 24.0 Å². The van der Waals surface area contributed by atoms with Crippen LogP contribution in [0.15, 0.2) is 48.5 Å². The van der Waals surface area contributed by atoms with Crippen molar-refractivity contribution in [2.24, 2.45) is 0 Å². The van der Waals surface area contributed by atoms with E-state index in [9.17, 15) is 4.79 Å². The molecule has 5 heteroatoms. The second-order valence-corrected chi connectivity index (χ2v) is 7.53. The summed E-state index contributed by atoms with van der Waals surface area (Å²) in [5.41, 5.74) is 4.10. The van der Waals surface area contributed by atoms with Crippen LogP contribution in [0.3, 0.4) is 0 Å². The summed E-state index contributed by atoms with van der Waals surface area (Å²) in [6.45, 7) is 4.23. The van der Waals surface area contributed by atoms with Crippen molar-refractivity contribution >= 4 is 11.7 Å². The normalized spacial score (nSPS) is 16.4. The lowest BCUT2D eigenvalue weighted by Gasteiger charge is -2.36. The molecule has 0 spiro atoms. The second kappa shape index (κ2) is 9.00. The number of piperazine rings is 1. The average Bonchev–Trinajstić information content (AvgIpc) is 2.77. The van der Waals surface area contributed by atoms with Crippen LogP contribution in [-0.2, 0) is 12.8 Å². The van der Waals surface area contributed by atoms with Crippen LogP contribution >= 0.6 is 0 Å². The monoisotopic (exact) mass is 379 g/mol. The van der Waals surface area contributed by atoms with Crippen LogP contribution in [0.2, 0.25) is 0 Å². The molecule has 0 radical (unpaired) electrons. The van der Waals surface area contributed by atoms with Crippen LogP contribution in [0, 0.1) is 0 Å². The van der Waals surface area contributed by atoms with Gasteiger partial charge in [0.25, 0.3) is 0 Å². The molecule has 0 bridgehead atoms. The minimum atomic E-state index is 0.00162. The second-order valence-electron chi connectivity index (χ2n) is 7.53. The number of ether oxygens (including phenoxy) is 1.